The highest BCUT2D eigenvalue weighted by atomic mass is 31.2. The third-order valence-corrected chi connectivity index (χ3v) is 10.1. The molecule has 1 unspecified atom stereocenters. The average Bonchev–Trinajstić information content (AvgIpc) is 3.12. The van der Waals surface area contributed by atoms with Gasteiger partial charge in [-0.3, -0.25) is 14.2 Å². The van der Waals surface area contributed by atoms with E-state index in [1.165, 1.54) is 83.5 Å². The topological polar surface area (TPSA) is 111 Å². The molecule has 0 aromatic heterocycles. The van der Waals surface area contributed by atoms with Crippen LogP contribution in [-0.2, 0) is 32.7 Å². The van der Waals surface area contributed by atoms with E-state index < -0.39 is 32.5 Å². The summed E-state index contributed by atoms with van der Waals surface area (Å²) in [7, 11) is 1.14. The van der Waals surface area contributed by atoms with Crippen LogP contribution in [0, 0.1) is 0 Å². The second-order valence-electron chi connectivity index (χ2n) is 15.7. The Morgan fingerprint density at radius 3 is 1.52 bits per heavy atom. The molecule has 0 radical (unpaired) electrons. The van der Waals surface area contributed by atoms with Gasteiger partial charge in [-0.1, -0.05) is 134 Å². The van der Waals surface area contributed by atoms with Crippen LogP contribution in [0.25, 0.3) is 0 Å². The molecule has 0 fully saturated rings. The second-order valence-corrected chi connectivity index (χ2v) is 17.1. The van der Waals surface area contributed by atoms with Gasteiger partial charge in [-0.15, -0.1) is 0 Å². The number of nitrogens with zero attached hydrogens (tertiary/aromatic N) is 1. The number of carbonyl (C=O) groups is 2. The van der Waals surface area contributed by atoms with Crippen LogP contribution in [-0.4, -0.2) is 70.0 Å². The Hall–Kier alpha value is -1.77. The highest BCUT2D eigenvalue weighted by Gasteiger charge is 2.21. The van der Waals surface area contributed by atoms with Gasteiger partial charge in [0.15, 0.2) is 6.10 Å². The van der Waals surface area contributed by atoms with Gasteiger partial charge in [0, 0.05) is 12.8 Å². The molecule has 0 aliphatic heterocycles. The van der Waals surface area contributed by atoms with E-state index in [-0.39, 0.29) is 26.1 Å². The lowest BCUT2D eigenvalue weighted by Crippen LogP contribution is -2.37. The van der Waals surface area contributed by atoms with Gasteiger partial charge in [-0.05, 0) is 70.6 Å². The summed E-state index contributed by atoms with van der Waals surface area (Å²) in [5, 5.41) is 0. The predicted octanol–water partition coefficient (Wildman–Crippen LogP) is 11.5. The molecular weight excluding hydrogens is 701 g/mol. The summed E-state index contributed by atoms with van der Waals surface area (Å²) >= 11 is 0. The molecule has 0 aromatic rings. The first-order chi connectivity index (χ1) is 26.0. The van der Waals surface area contributed by atoms with E-state index in [9.17, 15) is 19.0 Å². The van der Waals surface area contributed by atoms with Crippen molar-refractivity contribution < 1.29 is 42.1 Å². The van der Waals surface area contributed by atoms with Gasteiger partial charge < -0.3 is 27.9 Å². The molecule has 9 nitrogen and oxygen atoms in total. The first kappa shape index (κ1) is 52.2. The molecule has 0 rings (SSSR count). The number of unbranched alkanes of at least 4 members (excludes halogenated alkanes) is 19. The van der Waals surface area contributed by atoms with Gasteiger partial charge in [0.1, 0.15) is 19.8 Å². The van der Waals surface area contributed by atoms with Gasteiger partial charge >= 0.3 is 11.9 Å². The number of allylic oxidation sites excluding steroid dienone is 6. The number of ether oxygens (including phenoxy) is 2. The normalized spacial score (nSPS) is 14.0. The fraction of sp³-hybridized carbons (Fsp3) is 0.818. The molecule has 0 saturated heterocycles. The van der Waals surface area contributed by atoms with Crippen molar-refractivity contribution in [3.8, 4) is 0 Å². The number of esters is 2. The number of hydrogen-bond donors (Lipinski definition) is 0. The van der Waals surface area contributed by atoms with E-state index in [2.05, 4.69) is 50.3 Å². The third-order valence-electron chi connectivity index (χ3n) is 9.13. The Morgan fingerprint density at radius 1 is 0.574 bits per heavy atom. The Balaban J connectivity index is 4.44. The first-order valence-electron chi connectivity index (χ1n) is 21.7. The minimum absolute atomic E-state index is 0.0374. The lowest BCUT2D eigenvalue weighted by Gasteiger charge is -2.28. The molecule has 0 aliphatic rings. The molecule has 10 heteroatoms. The summed E-state index contributed by atoms with van der Waals surface area (Å²) in [6.07, 6.45) is 40.3. The molecule has 316 valence electrons. The summed E-state index contributed by atoms with van der Waals surface area (Å²) in [6, 6.07) is 0. The fourth-order valence-electron chi connectivity index (χ4n) is 5.68. The summed E-state index contributed by atoms with van der Waals surface area (Å²) in [5.41, 5.74) is 0. The number of phosphoric acid groups is 1. The van der Waals surface area contributed by atoms with Gasteiger partial charge in [0.05, 0.1) is 27.7 Å². The number of hydrogen-bond acceptors (Lipinski definition) is 8. The van der Waals surface area contributed by atoms with Crippen molar-refractivity contribution in [3.05, 3.63) is 36.5 Å². The summed E-state index contributed by atoms with van der Waals surface area (Å²) < 4.78 is 33.8. The number of likely N-dealkylation sites (N-methyl/N-ethyl adjacent to an activating group) is 1. The molecule has 0 heterocycles. The summed E-state index contributed by atoms with van der Waals surface area (Å²) in [5.74, 6) is -0.882. The number of rotatable bonds is 39. The number of quaternary nitrogens is 1. The summed E-state index contributed by atoms with van der Waals surface area (Å²) in [6.45, 7) is 4.16. The van der Waals surface area contributed by atoms with Gasteiger partial charge in [0.25, 0.3) is 7.82 Å². The Morgan fingerprint density at radius 2 is 1.00 bits per heavy atom. The van der Waals surface area contributed by atoms with Crippen molar-refractivity contribution in [1.29, 1.82) is 0 Å². The smallest absolute Gasteiger partial charge is 0.306 e. The van der Waals surface area contributed by atoms with Crippen LogP contribution in [0.5, 0.6) is 0 Å². The highest BCUT2D eigenvalue weighted by molar-refractivity contribution is 7.45. The minimum atomic E-state index is -4.63. The van der Waals surface area contributed by atoms with E-state index in [0.717, 1.165) is 57.8 Å². The molecule has 0 saturated carbocycles. The maximum Gasteiger partial charge on any atom is 0.306 e. The van der Waals surface area contributed by atoms with Crippen molar-refractivity contribution in [2.75, 3.05) is 47.5 Å². The Labute approximate surface area is 331 Å². The van der Waals surface area contributed by atoms with Crippen molar-refractivity contribution in [2.45, 2.75) is 187 Å². The predicted molar refractivity (Wildman–Crippen MR) is 222 cm³/mol. The zero-order valence-corrected chi connectivity index (χ0v) is 36.3. The molecule has 0 bridgehead atoms. The van der Waals surface area contributed by atoms with E-state index >= 15 is 0 Å². The Bertz CT molecular complexity index is 1020. The third kappa shape index (κ3) is 39.9. The van der Waals surface area contributed by atoms with Crippen LogP contribution in [0.4, 0.5) is 0 Å². The van der Waals surface area contributed by atoms with Crippen LogP contribution in [0.3, 0.4) is 0 Å². The van der Waals surface area contributed by atoms with Crippen LogP contribution in [0.2, 0.25) is 0 Å². The molecule has 2 atom stereocenters. The van der Waals surface area contributed by atoms with Crippen LogP contribution >= 0.6 is 7.82 Å². The second kappa shape index (κ2) is 36.8. The van der Waals surface area contributed by atoms with E-state index in [4.69, 9.17) is 18.5 Å². The van der Waals surface area contributed by atoms with Crippen molar-refractivity contribution in [1.82, 2.24) is 0 Å². The van der Waals surface area contributed by atoms with Crippen molar-refractivity contribution in [2.24, 2.45) is 0 Å². The zero-order valence-electron chi connectivity index (χ0n) is 35.4. The average molecular weight is 784 g/mol. The number of carbonyl (C=O) groups excluding carboxylic acids is 2. The monoisotopic (exact) mass is 784 g/mol. The maximum absolute atomic E-state index is 12.6. The molecule has 54 heavy (non-hydrogen) atoms. The number of phosphoric ester groups is 1. The van der Waals surface area contributed by atoms with Crippen LogP contribution in [0.15, 0.2) is 36.5 Å². The lowest BCUT2D eigenvalue weighted by atomic mass is 10.1. The van der Waals surface area contributed by atoms with Gasteiger partial charge in [0.2, 0.25) is 0 Å². The fourth-order valence-corrected chi connectivity index (χ4v) is 6.41. The van der Waals surface area contributed by atoms with Gasteiger partial charge in [-0.25, -0.2) is 0 Å². The van der Waals surface area contributed by atoms with Crippen molar-refractivity contribution in [3.63, 3.8) is 0 Å². The maximum atomic E-state index is 12.6. The largest absolute Gasteiger partial charge is 0.756 e. The quantitative estimate of drug-likeness (QED) is 0.0199. The van der Waals surface area contributed by atoms with Crippen LogP contribution in [0.1, 0.15) is 181 Å². The molecule has 0 aromatic carbocycles. The SMILES string of the molecule is CCCCCCCC/C=C/C/C=C/CCCCC(=O)OC[C@H](COP(=O)([O-])OCC[N+](C)(C)C)OC(=O)CCCCCCC/C=C/CCCCCCCC. The molecule has 0 aliphatic carbocycles. The van der Waals surface area contributed by atoms with Gasteiger partial charge in [-0.2, -0.15) is 0 Å². The van der Waals surface area contributed by atoms with Crippen LogP contribution < -0.4 is 4.89 Å². The lowest BCUT2D eigenvalue weighted by molar-refractivity contribution is -0.870. The van der Waals surface area contributed by atoms with Crippen molar-refractivity contribution >= 4 is 19.8 Å². The highest BCUT2D eigenvalue weighted by Crippen LogP contribution is 2.38. The molecule has 0 amide bonds. The Kier molecular flexibility index (Phi) is 35.6. The first-order valence-corrected chi connectivity index (χ1v) is 23.2. The van der Waals surface area contributed by atoms with E-state index in [1.807, 2.05) is 21.1 Å². The van der Waals surface area contributed by atoms with E-state index in [0.29, 0.717) is 23.9 Å². The zero-order chi connectivity index (χ0) is 40.0. The van der Waals surface area contributed by atoms with E-state index in [1.54, 1.807) is 0 Å². The molecule has 0 N–H and O–H groups in total. The minimum Gasteiger partial charge on any atom is -0.756 e. The molecule has 0 spiro atoms. The molecular formula is C44H82NO8P. The standard InChI is InChI=1S/C44H82NO8P/c1-6-8-10-12-14-16-18-20-22-24-26-28-30-32-34-36-43(46)50-40-42(41-52-54(48,49)51-39-38-45(3,4)5)53-44(47)37-35-33-31-29-27-25-23-21-19-17-15-13-11-9-7-2/h20-23,26,28,42H,6-19,24-25,27,29-41H2,1-5H3/b22-20+,23-21+,28-26+/t42-/m1/s1. The summed E-state index contributed by atoms with van der Waals surface area (Å²) in [4.78, 5) is 37.5.